The number of imide groups is 1. The number of ether oxygens (including phenoxy) is 4. The van der Waals surface area contributed by atoms with Crippen LogP contribution in [-0.4, -0.2) is 165 Å². The lowest BCUT2D eigenvalue weighted by Gasteiger charge is -2.34. The van der Waals surface area contributed by atoms with Crippen LogP contribution in [0.5, 0.6) is 23.0 Å². The third-order valence-electron chi connectivity index (χ3n) is 17.8. The molecule has 5 atom stereocenters. The zero-order valence-corrected chi connectivity index (χ0v) is 53.5. The second-order valence-corrected chi connectivity index (χ2v) is 24.6. The molecule has 11 rings (SSSR count). The summed E-state index contributed by atoms with van der Waals surface area (Å²) >= 11 is 0. The maximum absolute atomic E-state index is 14.2. The number of nitrogens with one attached hydrogen (secondary N) is 3. The summed E-state index contributed by atoms with van der Waals surface area (Å²) in [4.78, 5) is 113. The molecular weight excluding hydrogens is 1180 g/mol. The molecule has 3 N–H and O–H groups in total. The normalized spacial score (nSPS) is 20.4. The minimum Gasteiger partial charge on any atom is -0.493 e. The number of methoxy groups -OCH3 is 2. The van der Waals surface area contributed by atoms with Crippen LogP contribution < -0.4 is 39.8 Å². The fraction of sp³-hybridized carbons (Fsp3) is 0.375. The zero-order valence-electron chi connectivity index (χ0n) is 53.5. The van der Waals surface area contributed by atoms with Gasteiger partial charge in [0.25, 0.3) is 11.8 Å². The minimum atomic E-state index is -0.937. The van der Waals surface area contributed by atoms with Gasteiger partial charge in [0, 0.05) is 113 Å². The van der Waals surface area contributed by atoms with E-state index in [1.807, 2.05) is 87.1 Å². The van der Waals surface area contributed by atoms with Gasteiger partial charge in [-0.2, -0.15) is 0 Å². The van der Waals surface area contributed by atoms with E-state index < -0.39 is 29.8 Å². The van der Waals surface area contributed by atoms with Crippen molar-refractivity contribution in [2.75, 3.05) is 77.4 Å². The lowest BCUT2D eigenvalue weighted by Crippen LogP contribution is -2.53. The smallest absolute Gasteiger partial charge is 0.260 e. The predicted molar refractivity (Wildman–Crippen MR) is 357 cm³/mol. The van der Waals surface area contributed by atoms with Gasteiger partial charge in [-0.15, -0.1) is 0 Å². The van der Waals surface area contributed by atoms with Crippen molar-refractivity contribution >= 4 is 87.7 Å². The summed E-state index contributed by atoms with van der Waals surface area (Å²) in [5, 5.41) is 8.43. The van der Waals surface area contributed by atoms with E-state index in [2.05, 4.69) is 57.1 Å². The Morgan fingerprint density at radius 1 is 0.624 bits per heavy atom. The topological polar surface area (TPSA) is 233 Å². The van der Waals surface area contributed by atoms with Gasteiger partial charge < -0.3 is 54.5 Å². The molecule has 21 nitrogen and oxygen atoms in total. The van der Waals surface area contributed by atoms with E-state index in [1.165, 1.54) is 24.8 Å². The Labute approximate surface area is 542 Å². The highest BCUT2D eigenvalue weighted by molar-refractivity contribution is 6.07. The second-order valence-electron chi connectivity index (χ2n) is 24.6. The van der Waals surface area contributed by atoms with Crippen molar-refractivity contribution in [3.8, 4) is 23.0 Å². The number of hydrogen-bond acceptors (Lipinski definition) is 15. The van der Waals surface area contributed by atoms with Crippen LogP contribution in [0.15, 0.2) is 143 Å². The van der Waals surface area contributed by atoms with Crippen molar-refractivity contribution in [1.82, 2.24) is 30.2 Å². The summed E-state index contributed by atoms with van der Waals surface area (Å²) in [6.07, 6.45) is 23.9. The highest BCUT2D eigenvalue weighted by Crippen LogP contribution is 2.42. The molecule has 2 saturated heterocycles. The number of likely N-dealkylation sites (N-methyl/N-ethyl adjacent to an activating group) is 1. The number of anilines is 2. The highest BCUT2D eigenvalue weighted by Gasteiger charge is 2.40. The first kappa shape index (κ1) is 64.6. The summed E-state index contributed by atoms with van der Waals surface area (Å²) in [6.45, 7) is 10.0. The van der Waals surface area contributed by atoms with Crippen molar-refractivity contribution in [2.24, 2.45) is 21.8 Å². The average Bonchev–Trinajstić information content (AvgIpc) is 1.69. The Hall–Kier alpha value is -9.89. The largest absolute Gasteiger partial charge is 0.493 e. The lowest BCUT2D eigenvalue weighted by atomic mass is 9.95. The van der Waals surface area contributed by atoms with E-state index >= 15 is 0 Å². The van der Waals surface area contributed by atoms with Crippen LogP contribution in [-0.2, 0) is 24.0 Å². The SMILES string of the molecule is COc1cc2c(cc1OCCCOc1cc3c(cc1OC)C(=O)N1C=C(c4ccc(N5CCN(C)CC5)cc4)C[C@H]1C=N3)N=C[C@@H]1CC(c3ccc(NC(=O)[C@H](C)NC(=O)C(NC(=O)CCCCCN4C(=O)CC(C5=C/C=C\C=C/C=C5)C4=O)C(C)C)cc3)=CN1C2=O. The number of fused-ring (bicyclic) bond motifs is 4. The lowest BCUT2D eigenvalue weighted by molar-refractivity contribution is -0.139. The molecule has 484 valence electrons. The van der Waals surface area contributed by atoms with Crippen LogP contribution in [0.3, 0.4) is 0 Å². The number of rotatable bonds is 24. The van der Waals surface area contributed by atoms with Crippen LogP contribution >= 0.6 is 0 Å². The van der Waals surface area contributed by atoms with E-state index in [4.69, 9.17) is 28.9 Å². The van der Waals surface area contributed by atoms with Gasteiger partial charge in [-0.25, -0.2) is 0 Å². The molecule has 6 heterocycles. The molecule has 4 aromatic rings. The number of nitrogens with zero attached hydrogens (tertiary/aromatic N) is 7. The third-order valence-corrected chi connectivity index (χ3v) is 17.8. The van der Waals surface area contributed by atoms with Crippen molar-refractivity contribution < 1.29 is 52.5 Å². The quantitative estimate of drug-likeness (QED) is 0.0439. The van der Waals surface area contributed by atoms with Gasteiger partial charge in [-0.1, -0.05) is 87.1 Å². The molecule has 0 saturated carbocycles. The van der Waals surface area contributed by atoms with Crippen LogP contribution in [0.1, 0.15) is 104 Å². The molecule has 0 radical (unpaired) electrons. The maximum Gasteiger partial charge on any atom is 0.260 e. The van der Waals surface area contributed by atoms with Gasteiger partial charge in [0.15, 0.2) is 23.0 Å². The van der Waals surface area contributed by atoms with Gasteiger partial charge in [0.1, 0.15) is 12.1 Å². The summed E-state index contributed by atoms with van der Waals surface area (Å²) in [7, 11) is 5.20. The predicted octanol–water partition coefficient (Wildman–Crippen LogP) is 9.37. The van der Waals surface area contributed by atoms with Gasteiger partial charge in [0.05, 0.1) is 67.9 Å². The van der Waals surface area contributed by atoms with Crippen molar-refractivity contribution in [2.45, 2.75) is 96.3 Å². The van der Waals surface area contributed by atoms with Crippen LogP contribution in [0.2, 0.25) is 0 Å². The number of hydrogen-bond donors (Lipinski definition) is 3. The first-order valence-electron chi connectivity index (χ1n) is 32.0. The number of unbranched alkanes of at least 4 members (excludes halogenated alkanes) is 2. The van der Waals surface area contributed by atoms with E-state index in [0.717, 1.165) is 54.0 Å². The molecule has 0 aromatic heterocycles. The average molecular weight is 1260 g/mol. The highest BCUT2D eigenvalue weighted by atomic mass is 16.5. The van der Waals surface area contributed by atoms with Gasteiger partial charge >= 0.3 is 0 Å². The molecule has 1 aliphatic carbocycles. The van der Waals surface area contributed by atoms with Crippen molar-refractivity contribution in [3.63, 3.8) is 0 Å². The van der Waals surface area contributed by atoms with E-state index in [-0.39, 0.29) is 80.1 Å². The summed E-state index contributed by atoms with van der Waals surface area (Å²) < 4.78 is 23.9. The minimum absolute atomic E-state index is 0.133. The Bertz CT molecular complexity index is 3800. The first-order chi connectivity index (χ1) is 45.0. The van der Waals surface area contributed by atoms with Crippen molar-refractivity contribution in [3.05, 3.63) is 156 Å². The number of piperazine rings is 1. The fourth-order valence-electron chi connectivity index (χ4n) is 12.4. The Balaban J connectivity index is 0.618. The van der Waals surface area contributed by atoms with Crippen molar-refractivity contribution in [1.29, 1.82) is 0 Å². The van der Waals surface area contributed by atoms with E-state index in [1.54, 1.807) is 59.3 Å². The number of aliphatic imine (C=N–C) groups is 2. The Morgan fingerprint density at radius 3 is 1.77 bits per heavy atom. The van der Waals surface area contributed by atoms with Crippen LogP contribution in [0.4, 0.5) is 22.7 Å². The van der Waals surface area contributed by atoms with Gasteiger partial charge in [0.2, 0.25) is 29.5 Å². The summed E-state index contributed by atoms with van der Waals surface area (Å²) in [6, 6.07) is 20.2. The second kappa shape index (κ2) is 29.2. The van der Waals surface area contributed by atoms with Crippen LogP contribution in [0.25, 0.3) is 11.1 Å². The number of allylic oxidation sites excluding steroid dienone is 7. The molecule has 7 aliphatic rings. The number of benzene rings is 4. The standard InChI is InChI=1S/C72H80N10O11/c1-45(2)67(77-65(83)18-13-10-14-27-80-66(84)38-56(70(80)87)49-16-11-8-7-9-12-17-49)69(86)75-46(3)68(85)76-52-23-19-47(20-24-52)50-34-54-41-73-59-39-63(61(90-5)36-57(59)71(88)81(54)43-50)92-32-15-33-93-64-40-60-58(37-62(64)91-6)72(89)82-44-51(35-55(82)42-74-60)48-21-25-53(26-22-48)79-30-28-78(4)29-31-79/h7-9,11-12,16-17,19-26,36-37,39-46,54-56,67H,10,13-15,18,27-35,38H2,1-6H3,(H,75,86)(H,76,85)(H,77,83)/b8-7-,9-7?,11-8?,12-9-,16-11?,17-12?,49-16?,49-17?/t46-,54-,55-,56?,67?/m0/s1. The van der Waals surface area contributed by atoms with E-state index in [0.29, 0.717) is 89.7 Å². The summed E-state index contributed by atoms with van der Waals surface area (Å²) in [5.74, 6) is -1.23. The third kappa shape index (κ3) is 14.9. The molecule has 21 heteroatoms. The molecule has 7 amide bonds. The maximum atomic E-state index is 14.2. The fourth-order valence-corrected chi connectivity index (χ4v) is 12.4. The molecule has 6 aliphatic heterocycles. The molecule has 2 unspecified atom stereocenters. The number of amides is 7. The van der Waals surface area contributed by atoms with E-state index in [9.17, 15) is 33.6 Å². The number of carbonyl (C=O) groups excluding carboxylic acids is 7. The molecule has 0 bridgehead atoms. The van der Waals surface area contributed by atoms with Gasteiger partial charge in [-0.3, -0.25) is 48.4 Å². The molecule has 0 spiro atoms. The molecule has 2 fully saturated rings. The first-order valence-corrected chi connectivity index (χ1v) is 32.0. The monoisotopic (exact) mass is 1260 g/mol. The Kier molecular flexibility index (Phi) is 20.3. The summed E-state index contributed by atoms with van der Waals surface area (Å²) in [5.41, 5.74) is 8.11. The molecular formula is C72H80N10O11. The Morgan fingerprint density at radius 2 is 1.19 bits per heavy atom. The number of likely N-dealkylation sites (tertiary alicyclic amines) is 1. The molecule has 93 heavy (non-hydrogen) atoms. The zero-order chi connectivity index (χ0) is 65.3. The van der Waals surface area contributed by atoms with Gasteiger partial charge in [-0.05, 0) is 97.0 Å². The van der Waals surface area contributed by atoms with Crippen LogP contribution in [0, 0.1) is 11.8 Å². The molecule has 4 aromatic carbocycles. The number of carbonyl (C=O) groups is 7.